The third-order valence-corrected chi connectivity index (χ3v) is 4.23. The van der Waals surface area contributed by atoms with Crippen molar-refractivity contribution in [2.75, 3.05) is 32.6 Å². The number of hydrogen-bond donors (Lipinski definition) is 1. The van der Waals surface area contributed by atoms with Crippen molar-refractivity contribution in [2.45, 2.75) is 6.54 Å². The number of anilines is 1. The molecule has 2 aromatic carbocycles. The highest BCUT2D eigenvalue weighted by Gasteiger charge is 2.14. The van der Waals surface area contributed by atoms with Gasteiger partial charge < -0.3 is 19.7 Å². The summed E-state index contributed by atoms with van der Waals surface area (Å²) in [6.45, 7) is 1.51. The van der Waals surface area contributed by atoms with Crippen LogP contribution in [0, 0.1) is 0 Å². The van der Waals surface area contributed by atoms with Gasteiger partial charge in [0.25, 0.3) is 5.91 Å². The van der Waals surface area contributed by atoms with Crippen LogP contribution in [0.3, 0.4) is 0 Å². The Morgan fingerprint density at radius 1 is 1.03 bits per heavy atom. The Balaban J connectivity index is 1.50. The molecule has 1 amide bonds. The molecule has 1 aromatic heterocycles. The summed E-state index contributed by atoms with van der Waals surface area (Å²) in [6, 6.07) is 18.9. The predicted octanol–water partition coefficient (Wildman–Crippen LogP) is 3.25. The largest absolute Gasteiger partial charge is 0.497 e. The summed E-state index contributed by atoms with van der Waals surface area (Å²) in [4.78, 5) is 22.6. The lowest BCUT2D eigenvalue weighted by Gasteiger charge is -2.17. The zero-order valence-electron chi connectivity index (χ0n) is 16.5. The first-order valence-electron chi connectivity index (χ1n) is 9.28. The zero-order chi connectivity index (χ0) is 20.5. The molecule has 7 nitrogen and oxygen atoms in total. The van der Waals surface area contributed by atoms with Gasteiger partial charge in [0.05, 0.1) is 13.7 Å². The zero-order valence-corrected chi connectivity index (χ0v) is 16.5. The molecule has 0 aliphatic rings. The number of nitrogens with one attached hydrogen (secondary N) is 1. The topological polar surface area (TPSA) is 76.6 Å². The fourth-order valence-corrected chi connectivity index (χ4v) is 2.72. The molecular formula is C22H24N4O3. The molecule has 0 spiro atoms. The summed E-state index contributed by atoms with van der Waals surface area (Å²) in [7, 11) is 3.38. The minimum absolute atomic E-state index is 0.159. The van der Waals surface area contributed by atoms with Crippen LogP contribution in [0.15, 0.2) is 67.0 Å². The van der Waals surface area contributed by atoms with Gasteiger partial charge in [0, 0.05) is 19.7 Å². The average molecular weight is 392 g/mol. The normalized spacial score (nSPS) is 10.3. The molecule has 7 heteroatoms. The van der Waals surface area contributed by atoms with Crippen LogP contribution in [0.2, 0.25) is 0 Å². The van der Waals surface area contributed by atoms with E-state index in [1.807, 2.05) is 54.6 Å². The number of ether oxygens (including phenoxy) is 2. The molecule has 0 saturated carbocycles. The Morgan fingerprint density at radius 3 is 2.48 bits per heavy atom. The quantitative estimate of drug-likeness (QED) is 0.564. The molecule has 29 heavy (non-hydrogen) atoms. The van der Waals surface area contributed by atoms with Crippen LogP contribution in [0.1, 0.15) is 16.1 Å². The van der Waals surface area contributed by atoms with Crippen LogP contribution in [0.5, 0.6) is 11.5 Å². The summed E-state index contributed by atoms with van der Waals surface area (Å²) in [5.74, 6) is 1.96. The van der Waals surface area contributed by atoms with E-state index in [-0.39, 0.29) is 5.91 Å². The number of rotatable bonds is 9. The van der Waals surface area contributed by atoms with Crippen molar-refractivity contribution in [2.24, 2.45) is 0 Å². The smallest absolute Gasteiger partial charge is 0.272 e. The van der Waals surface area contributed by atoms with Gasteiger partial charge >= 0.3 is 0 Å². The summed E-state index contributed by atoms with van der Waals surface area (Å²) in [5, 5.41) is 3.15. The Bertz CT molecular complexity index is 917. The van der Waals surface area contributed by atoms with Gasteiger partial charge in [0.1, 0.15) is 35.9 Å². The van der Waals surface area contributed by atoms with Gasteiger partial charge in [-0.3, -0.25) is 4.79 Å². The molecule has 1 heterocycles. The number of amides is 1. The molecule has 0 atom stereocenters. The number of nitrogens with zero attached hydrogens (tertiary/aromatic N) is 3. The standard InChI is InChI=1S/C22H24N4O3/c1-26(15-17-6-4-3-5-7-17)22(27)20-14-21(25-16-24-20)23-12-13-29-19-10-8-18(28-2)9-11-19/h3-11,14,16H,12-13,15H2,1-2H3,(H,23,24,25). The monoisotopic (exact) mass is 392 g/mol. The summed E-state index contributed by atoms with van der Waals surface area (Å²) < 4.78 is 10.8. The van der Waals surface area contributed by atoms with E-state index in [2.05, 4.69) is 15.3 Å². The SMILES string of the molecule is COc1ccc(OCCNc2cc(C(=O)N(C)Cc3ccccc3)ncn2)cc1. The van der Waals surface area contributed by atoms with Crippen molar-refractivity contribution in [1.82, 2.24) is 14.9 Å². The minimum Gasteiger partial charge on any atom is -0.497 e. The summed E-state index contributed by atoms with van der Waals surface area (Å²) in [5.41, 5.74) is 1.41. The van der Waals surface area contributed by atoms with E-state index in [0.29, 0.717) is 31.2 Å². The molecule has 150 valence electrons. The maximum Gasteiger partial charge on any atom is 0.272 e. The fourth-order valence-electron chi connectivity index (χ4n) is 2.72. The molecule has 3 rings (SSSR count). The van der Waals surface area contributed by atoms with Crippen LogP contribution < -0.4 is 14.8 Å². The van der Waals surface area contributed by atoms with Gasteiger partial charge in [0.15, 0.2) is 0 Å². The number of methoxy groups -OCH3 is 1. The molecule has 0 radical (unpaired) electrons. The van der Waals surface area contributed by atoms with E-state index in [0.717, 1.165) is 17.1 Å². The fraction of sp³-hybridized carbons (Fsp3) is 0.227. The minimum atomic E-state index is -0.159. The van der Waals surface area contributed by atoms with Gasteiger partial charge in [-0.25, -0.2) is 9.97 Å². The lowest BCUT2D eigenvalue weighted by molar-refractivity contribution is 0.0779. The van der Waals surface area contributed by atoms with Crippen molar-refractivity contribution < 1.29 is 14.3 Å². The van der Waals surface area contributed by atoms with Crippen molar-refractivity contribution in [3.63, 3.8) is 0 Å². The first kappa shape index (κ1) is 20.1. The Hall–Kier alpha value is -3.61. The van der Waals surface area contributed by atoms with Crippen LogP contribution >= 0.6 is 0 Å². The van der Waals surface area contributed by atoms with Gasteiger partial charge in [-0.15, -0.1) is 0 Å². The first-order chi connectivity index (χ1) is 14.2. The van der Waals surface area contributed by atoms with E-state index in [4.69, 9.17) is 9.47 Å². The molecule has 0 fully saturated rings. The predicted molar refractivity (Wildman–Crippen MR) is 111 cm³/mol. The van der Waals surface area contributed by atoms with Crippen LogP contribution in [-0.2, 0) is 6.54 Å². The highest BCUT2D eigenvalue weighted by atomic mass is 16.5. The third-order valence-electron chi connectivity index (χ3n) is 4.23. The van der Waals surface area contributed by atoms with E-state index in [9.17, 15) is 4.79 Å². The molecular weight excluding hydrogens is 368 g/mol. The van der Waals surface area contributed by atoms with Crippen molar-refractivity contribution in [3.8, 4) is 11.5 Å². The van der Waals surface area contributed by atoms with Crippen LogP contribution in [0.4, 0.5) is 5.82 Å². The van der Waals surface area contributed by atoms with Crippen molar-refractivity contribution >= 4 is 11.7 Å². The molecule has 0 bridgehead atoms. The second-order valence-corrected chi connectivity index (χ2v) is 6.39. The molecule has 0 aliphatic carbocycles. The molecule has 0 aliphatic heterocycles. The Kier molecular flexibility index (Phi) is 7.00. The number of carbonyl (C=O) groups is 1. The lowest BCUT2D eigenvalue weighted by atomic mass is 10.2. The number of carbonyl (C=O) groups excluding carboxylic acids is 1. The highest BCUT2D eigenvalue weighted by Crippen LogP contribution is 2.17. The van der Waals surface area contributed by atoms with Gasteiger partial charge in [-0.1, -0.05) is 30.3 Å². The highest BCUT2D eigenvalue weighted by molar-refractivity contribution is 5.92. The molecule has 3 aromatic rings. The van der Waals surface area contributed by atoms with Gasteiger partial charge in [0.2, 0.25) is 0 Å². The van der Waals surface area contributed by atoms with Gasteiger partial charge in [-0.05, 0) is 29.8 Å². The number of aromatic nitrogens is 2. The summed E-state index contributed by atoms with van der Waals surface area (Å²) >= 11 is 0. The van der Waals surface area contributed by atoms with Crippen molar-refractivity contribution in [3.05, 3.63) is 78.2 Å². The van der Waals surface area contributed by atoms with E-state index in [1.165, 1.54) is 6.33 Å². The maximum atomic E-state index is 12.6. The molecule has 0 saturated heterocycles. The Labute approximate surface area is 170 Å². The maximum absolute atomic E-state index is 12.6. The van der Waals surface area contributed by atoms with Crippen LogP contribution in [-0.4, -0.2) is 48.1 Å². The van der Waals surface area contributed by atoms with E-state index in [1.54, 1.807) is 25.1 Å². The number of benzene rings is 2. The first-order valence-corrected chi connectivity index (χ1v) is 9.28. The Morgan fingerprint density at radius 2 is 1.76 bits per heavy atom. The van der Waals surface area contributed by atoms with Gasteiger partial charge in [-0.2, -0.15) is 0 Å². The lowest BCUT2D eigenvalue weighted by Crippen LogP contribution is -2.27. The van der Waals surface area contributed by atoms with E-state index >= 15 is 0 Å². The molecule has 0 unspecified atom stereocenters. The van der Waals surface area contributed by atoms with E-state index < -0.39 is 0 Å². The number of hydrogen-bond acceptors (Lipinski definition) is 6. The van der Waals surface area contributed by atoms with Crippen LogP contribution in [0.25, 0.3) is 0 Å². The second kappa shape index (κ2) is 10.1. The third kappa shape index (κ3) is 5.93. The van der Waals surface area contributed by atoms with Crippen molar-refractivity contribution in [1.29, 1.82) is 0 Å². The average Bonchev–Trinajstić information content (AvgIpc) is 2.77. The molecule has 1 N–H and O–H groups in total. The second-order valence-electron chi connectivity index (χ2n) is 6.39. The summed E-state index contributed by atoms with van der Waals surface area (Å²) in [6.07, 6.45) is 1.39.